The number of benzene rings is 2. The van der Waals surface area contributed by atoms with Gasteiger partial charge in [0, 0.05) is 19.1 Å². The molecule has 0 bridgehead atoms. The van der Waals surface area contributed by atoms with Crippen LogP contribution >= 0.6 is 0 Å². The van der Waals surface area contributed by atoms with Crippen molar-refractivity contribution in [2.24, 2.45) is 0 Å². The van der Waals surface area contributed by atoms with Crippen molar-refractivity contribution >= 4 is 10.8 Å². The molecule has 18 heavy (non-hydrogen) atoms. The fourth-order valence-corrected chi connectivity index (χ4v) is 2.24. The third-order valence-corrected chi connectivity index (χ3v) is 3.30. The maximum Gasteiger partial charge on any atom is 0.0298 e. The van der Waals surface area contributed by atoms with Gasteiger partial charge in [0.25, 0.3) is 0 Å². The molecular weight excluding hydrogens is 220 g/mol. The van der Waals surface area contributed by atoms with Crippen molar-refractivity contribution in [3.05, 3.63) is 48.0 Å². The lowest BCUT2D eigenvalue weighted by molar-refractivity contribution is 0.389. The second-order valence-corrected chi connectivity index (χ2v) is 5.05. The minimum Gasteiger partial charge on any atom is -0.309 e. The van der Waals surface area contributed by atoms with Crippen molar-refractivity contribution in [3.63, 3.8) is 0 Å². The van der Waals surface area contributed by atoms with E-state index >= 15 is 0 Å². The van der Waals surface area contributed by atoms with Crippen LogP contribution in [0.25, 0.3) is 10.8 Å². The molecule has 0 aliphatic rings. The molecule has 1 unspecified atom stereocenters. The number of hydrogen-bond donors (Lipinski definition) is 1. The fourth-order valence-electron chi connectivity index (χ4n) is 2.24. The fraction of sp³-hybridized carbons (Fsp3) is 0.375. The van der Waals surface area contributed by atoms with Crippen molar-refractivity contribution in [2.75, 3.05) is 27.2 Å². The zero-order valence-corrected chi connectivity index (χ0v) is 11.5. The zero-order valence-electron chi connectivity index (χ0n) is 11.5. The van der Waals surface area contributed by atoms with E-state index in [1.165, 1.54) is 16.3 Å². The Morgan fingerprint density at radius 1 is 1.06 bits per heavy atom. The van der Waals surface area contributed by atoms with Gasteiger partial charge in [-0.2, -0.15) is 0 Å². The third kappa shape index (κ3) is 3.09. The van der Waals surface area contributed by atoms with Crippen molar-refractivity contribution in [1.29, 1.82) is 0 Å². The average molecular weight is 242 g/mol. The van der Waals surface area contributed by atoms with E-state index < -0.39 is 0 Å². The van der Waals surface area contributed by atoms with E-state index in [-0.39, 0.29) is 0 Å². The SMILES string of the molecule is CC(NCCN(C)C)c1cccc2ccccc12. The molecule has 0 saturated heterocycles. The molecule has 0 radical (unpaired) electrons. The minimum absolute atomic E-state index is 0.385. The molecule has 2 nitrogen and oxygen atoms in total. The standard InChI is InChI=1S/C16H22N2/c1-13(17-11-12-18(2)3)15-10-6-8-14-7-4-5-9-16(14)15/h4-10,13,17H,11-12H2,1-3H3. The van der Waals surface area contributed by atoms with E-state index in [9.17, 15) is 0 Å². The molecule has 1 N–H and O–H groups in total. The second kappa shape index (κ2) is 5.98. The average Bonchev–Trinajstić information content (AvgIpc) is 2.37. The number of nitrogens with one attached hydrogen (secondary N) is 1. The Labute approximate surface area is 110 Å². The summed E-state index contributed by atoms with van der Waals surface area (Å²) in [5, 5.41) is 6.25. The van der Waals surface area contributed by atoms with E-state index in [1.54, 1.807) is 0 Å². The summed E-state index contributed by atoms with van der Waals surface area (Å²) in [5.74, 6) is 0. The number of rotatable bonds is 5. The summed E-state index contributed by atoms with van der Waals surface area (Å²) in [6, 6.07) is 15.5. The van der Waals surface area contributed by atoms with Gasteiger partial charge in [0.15, 0.2) is 0 Å². The third-order valence-electron chi connectivity index (χ3n) is 3.30. The monoisotopic (exact) mass is 242 g/mol. The van der Waals surface area contributed by atoms with Gasteiger partial charge >= 0.3 is 0 Å². The van der Waals surface area contributed by atoms with Crippen LogP contribution in [0.2, 0.25) is 0 Å². The summed E-state index contributed by atoms with van der Waals surface area (Å²) in [6.45, 7) is 4.31. The van der Waals surface area contributed by atoms with E-state index in [0.717, 1.165) is 13.1 Å². The first-order valence-corrected chi connectivity index (χ1v) is 6.54. The highest BCUT2D eigenvalue weighted by molar-refractivity contribution is 5.86. The maximum atomic E-state index is 3.58. The quantitative estimate of drug-likeness (QED) is 0.867. The maximum absolute atomic E-state index is 3.58. The van der Waals surface area contributed by atoms with Gasteiger partial charge in [-0.15, -0.1) is 0 Å². The zero-order chi connectivity index (χ0) is 13.0. The Bertz CT molecular complexity index is 500. The van der Waals surface area contributed by atoms with Crippen LogP contribution in [-0.2, 0) is 0 Å². The topological polar surface area (TPSA) is 15.3 Å². The molecule has 0 amide bonds. The summed E-state index contributed by atoms with van der Waals surface area (Å²) in [6.07, 6.45) is 0. The van der Waals surface area contributed by atoms with Gasteiger partial charge in [0.2, 0.25) is 0 Å². The van der Waals surface area contributed by atoms with E-state index in [0.29, 0.717) is 6.04 Å². The number of likely N-dealkylation sites (N-methyl/N-ethyl adjacent to an activating group) is 1. The van der Waals surface area contributed by atoms with Gasteiger partial charge in [-0.3, -0.25) is 0 Å². The van der Waals surface area contributed by atoms with Crippen molar-refractivity contribution < 1.29 is 0 Å². The predicted molar refractivity (Wildman–Crippen MR) is 78.9 cm³/mol. The van der Waals surface area contributed by atoms with Crippen LogP contribution in [0.4, 0.5) is 0 Å². The molecular formula is C16H22N2. The van der Waals surface area contributed by atoms with Crippen LogP contribution < -0.4 is 5.32 Å². The molecule has 2 heteroatoms. The molecule has 2 aromatic carbocycles. The van der Waals surface area contributed by atoms with Crippen LogP contribution in [0.5, 0.6) is 0 Å². The highest BCUT2D eigenvalue weighted by atomic mass is 15.1. The lowest BCUT2D eigenvalue weighted by Gasteiger charge is -2.18. The van der Waals surface area contributed by atoms with Crippen LogP contribution in [-0.4, -0.2) is 32.1 Å². The Kier molecular flexibility index (Phi) is 4.34. The van der Waals surface area contributed by atoms with Gasteiger partial charge in [-0.05, 0) is 37.4 Å². The lowest BCUT2D eigenvalue weighted by atomic mass is 10.00. The van der Waals surface area contributed by atoms with Gasteiger partial charge in [-0.1, -0.05) is 42.5 Å². The van der Waals surface area contributed by atoms with Crippen LogP contribution in [0.1, 0.15) is 18.5 Å². The van der Waals surface area contributed by atoms with E-state index in [2.05, 4.69) is 73.7 Å². The highest BCUT2D eigenvalue weighted by Crippen LogP contribution is 2.23. The Balaban J connectivity index is 2.15. The van der Waals surface area contributed by atoms with Gasteiger partial charge < -0.3 is 10.2 Å². The molecule has 0 fully saturated rings. The van der Waals surface area contributed by atoms with Crippen LogP contribution in [0.15, 0.2) is 42.5 Å². The summed E-state index contributed by atoms with van der Waals surface area (Å²) < 4.78 is 0. The van der Waals surface area contributed by atoms with Gasteiger partial charge in [0.05, 0.1) is 0 Å². The van der Waals surface area contributed by atoms with E-state index in [1.807, 2.05) is 0 Å². The van der Waals surface area contributed by atoms with E-state index in [4.69, 9.17) is 0 Å². The molecule has 1 atom stereocenters. The molecule has 0 spiro atoms. The van der Waals surface area contributed by atoms with Crippen molar-refractivity contribution in [2.45, 2.75) is 13.0 Å². The predicted octanol–water partition coefficient (Wildman–Crippen LogP) is 3.05. The second-order valence-electron chi connectivity index (χ2n) is 5.05. The summed E-state index contributed by atoms with van der Waals surface area (Å²) in [4.78, 5) is 2.20. The molecule has 96 valence electrons. The first kappa shape index (κ1) is 13.1. The molecule has 2 rings (SSSR count). The molecule has 0 heterocycles. The normalized spacial score (nSPS) is 13.1. The number of hydrogen-bond acceptors (Lipinski definition) is 2. The summed E-state index contributed by atoms with van der Waals surface area (Å²) >= 11 is 0. The molecule has 2 aromatic rings. The number of nitrogens with zero attached hydrogens (tertiary/aromatic N) is 1. The Hall–Kier alpha value is -1.38. The van der Waals surface area contributed by atoms with Crippen molar-refractivity contribution in [1.82, 2.24) is 10.2 Å². The van der Waals surface area contributed by atoms with Gasteiger partial charge in [-0.25, -0.2) is 0 Å². The van der Waals surface area contributed by atoms with Crippen molar-refractivity contribution in [3.8, 4) is 0 Å². The largest absolute Gasteiger partial charge is 0.309 e. The minimum atomic E-state index is 0.385. The van der Waals surface area contributed by atoms with Gasteiger partial charge in [0.1, 0.15) is 0 Å². The first-order valence-electron chi connectivity index (χ1n) is 6.54. The summed E-state index contributed by atoms with van der Waals surface area (Å²) in [7, 11) is 4.20. The lowest BCUT2D eigenvalue weighted by Crippen LogP contribution is -2.28. The molecule has 0 aliphatic heterocycles. The molecule has 0 aromatic heterocycles. The highest BCUT2D eigenvalue weighted by Gasteiger charge is 2.07. The smallest absolute Gasteiger partial charge is 0.0298 e. The Morgan fingerprint density at radius 2 is 1.78 bits per heavy atom. The van der Waals surface area contributed by atoms with Crippen LogP contribution in [0, 0.1) is 0 Å². The van der Waals surface area contributed by atoms with Crippen LogP contribution in [0.3, 0.4) is 0 Å². The number of fused-ring (bicyclic) bond motifs is 1. The first-order chi connectivity index (χ1) is 8.68. The molecule has 0 aliphatic carbocycles. The Morgan fingerprint density at radius 3 is 2.56 bits per heavy atom. The summed E-state index contributed by atoms with van der Waals surface area (Å²) in [5.41, 5.74) is 1.38. The molecule has 0 saturated carbocycles.